The first-order valence-corrected chi connectivity index (χ1v) is 9.00. The molecule has 3 rings (SSSR count). The zero-order valence-electron chi connectivity index (χ0n) is 15.2. The molecule has 0 aliphatic carbocycles. The third-order valence-corrected chi connectivity index (χ3v) is 5.32. The second kappa shape index (κ2) is 6.71. The molecule has 0 aromatic carbocycles. The number of likely N-dealkylation sites (tertiary alicyclic amines) is 1. The van der Waals surface area contributed by atoms with Crippen LogP contribution in [0.3, 0.4) is 0 Å². The van der Waals surface area contributed by atoms with Gasteiger partial charge in [-0.05, 0) is 39.2 Å². The maximum Gasteiger partial charge on any atom is 0.143 e. The van der Waals surface area contributed by atoms with E-state index in [9.17, 15) is 0 Å². The van der Waals surface area contributed by atoms with Crippen molar-refractivity contribution in [2.45, 2.75) is 51.6 Å². The molecule has 3 heterocycles. The number of alkyl halides is 1. The van der Waals surface area contributed by atoms with Crippen molar-refractivity contribution < 1.29 is 9.13 Å². The Hall–Kier alpha value is -1.62. The summed E-state index contributed by atoms with van der Waals surface area (Å²) in [6.45, 7) is 8.33. The van der Waals surface area contributed by atoms with E-state index in [1.807, 2.05) is 36.8 Å². The van der Waals surface area contributed by atoms with Crippen LogP contribution in [0.5, 0.6) is 5.75 Å². The van der Waals surface area contributed by atoms with E-state index in [0.29, 0.717) is 36.7 Å². The number of ether oxygens (including phenoxy) is 1. The number of piperidine rings is 1. The number of hydrogen-bond donors (Lipinski definition) is 0. The van der Waals surface area contributed by atoms with Crippen LogP contribution in [0, 0.1) is 0 Å². The van der Waals surface area contributed by atoms with E-state index in [-0.39, 0.29) is 0 Å². The van der Waals surface area contributed by atoms with E-state index in [2.05, 4.69) is 23.7 Å². The van der Waals surface area contributed by atoms with Gasteiger partial charge < -0.3 is 14.0 Å². The molecule has 1 atom stereocenters. The molecule has 0 amide bonds. The van der Waals surface area contributed by atoms with Gasteiger partial charge in [0, 0.05) is 42.8 Å². The molecule has 1 aliphatic rings. The van der Waals surface area contributed by atoms with E-state index in [0.717, 1.165) is 30.9 Å². The number of rotatable bonds is 5. The van der Waals surface area contributed by atoms with Gasteiger partial charge in [0.15, 0.2) is 0 Å². The van der Waals surface area contributed by atoms with Crippen molar-refractivity contribution in [3.63, 3.8) is 0 Å². The largest absolute Gasteiger partial charge is 0.493 e. The normalized spacial score (nSPS) is 19.5. The van der Waals surface area contributed by atoms with Crippen LogP contribution in [0.2, 0.25) is 0 Å². The van der Waals surface area contributed by atoms with Gasteiger partial charge in [-0.2, -0.15) is 0 Å². The number of fused-ring (bicyclic) bond motifs is 1. The highest BCUT2D eigenvalue weighted by atomic mass is 19.1. The smallest absolute Gasteiger partial charge is 0.143 e. The minimum atomic E-state index is -1.33. The summed E-state index contributed by atoms with van der Waals surface area (Å²) in [5, 5.41) is 0. The molecular weight excluding hydrogens is 305 g/mol. The molecule has 0 radical (unpaired) electrons. The van der Waals surface area contributed by atoms with E-state index < -0.39 is 5.67 Å². The lowest BCUT2D eigenvalue weighted by molar-refractivity contribution is 0.0640. The highest BCUT2D eigenvalue weighted by Gasteiger charge is 2.38. The predicted molar refractivity (Wildman–Crippen MR) is 94.6 cm³/mol. The highest BCUT2D eigenvalue weighted by molar-refractivity contribution is 5.52. The van der Waals surface area contributed by atoms with Crippen LogP contribution in [0.25, 0.3) is 5.65 Å². The topological polar surface area (TPSA) is 29.8 Å². The number of hydrogen-bond acceptors (Lipinski definition) is 3. The van der Waals surface area contributed by atoms with Gasteiger partial charge in [-0.3, -0.25) is 0 Å². The number of pyridine rings is 1. The third-order valence-electron chi connectivity index (χ3n) is 5.32. The fourth-order valence-corrected chi connectivity index (χ4v) is 3.45. The lowest BCUT2D eigenvalue weighted by atomic mass is 9.86. The first-order valence-electron chi connectivity index (χ1n) is 9.00. The molecule has 2 aromatic heterocycles. The van der Waals surface area contributed by atoms with Gasteiger partial charge in [-0.15, -0.1) is 0 Å². The maximum absolute atomic E-state index is 15.8. The molecule has 5 heteroatoms. The van der Waals surface area contributed by atoms with Gasteiger partial charge in [-0.1, -0.05) is 13.8 Å². The Bertz CT molecular complexity index is 704. The van der Waals surface area contributed by atoms with Gasteiger partial charge in [0.25, 0.3) is 0 Å². The number of nitrogens with zero attached hydrogens (tertiary/aromatic N) is 3. The van der Waals surface area contributed by atoms with Crippen LogP contribution >= 0.6 is 0 Å². The van der Waals surface area contributed by atoms with E-state index >= 15 is 4.39 Å². The summed E-state index contributed by atoms with van der Waals surface area (Å²) >= 11 is 0. The quantitative estimate of drug-likeness (QED) is 0.824. The molecule has 1 saturated heterocycles. The molecule has 132 valence electrons. The van der Waals surface area contributed by atoms with Crippen molar-refractivity contribution in [3.8, 4) is 5.75 Å². The Labute approximate surface area is 143 Å². The van der Waals surface area contributed by atoms with Gasteiger partial charge in [0.1, 0.15) is 17.1 Å². The molecule has 24 heavy (non-hydrogen) atoms. The molecule has 4 nitrogen and oxygen atoms in total. The summed E-state index contributed by atoms with van der Waals surface area (Å²) in [7, 11) is 2.04. The molecule has 0 N–H and O–H groups in total. The molecular formula is C19H28FN3O. The van der Waals surface area contributed by atoms with E-state index in [1.54, 1.807) is 0 Å². The van der Waals surface area contributed by atoms with Crippen LogP contribution in [-0.4, -0.2) is 41.0 Å². The minimum Gasteiger partial charge on any atom is -0.493 e. The average Bonchev–Trinajstić information content (AvgIpc) is 2.99. The summed E-state index contributed by atoms with van der Waals surface area (Å²) in [6.07, 6.45) is 5.87. The van der Waals surface area contributed by atoms with Gasteiger partial charge in [-0.25, -0.2) is 9.37 Å². The van der Waals surface area contributed by atoms with Gasteiger partial charge >= 0.3 is 0 Å². The minimum absolute atomic E-state index is 0.388. The molecule has 0 saturated carbocycles. The van der Waals surface area contributed by atoms with Crippen LogP contribution < -0.4 is 4.74 Å². The first kappa shape index (κ1) is 17.2. The van der Waals surface area contributed by atoms with Crippen molar-refractivity contribution in [1.82, 2.24) is 14.3 Å². The van der Waals surface area contributed by atoms with Crippen molar-refractivity contribution in [1.29, 1.82) is 0 Å². The van der Waals surface area contributed by atoms with E-state index in [1.165, 1.54) is 0 Å². The second-order valence-corrected chi connectivity index (χ2v) is 6.97. The summed E-state index contributed by atoms with van der Waals surface area (Å²) < 4.78 is 23.6. The van der Waals surface area contributed by atoms with Crippen molar-refractivity contribution in [2.24, 2.45) is 0 Å². The third kappa shape index (κ3) is 3.02. The second-order valence-electron chi connectivity index (χ2n) is 6.97. The van der Waals surface area contributed by atoms with Crippen LogP contribution in [-0.2, 0) is 5.67 Å². The summed E-state index contributed by atoms with van der Waals surface area (Å²) in [6, 6.07) is 1.89. The molecule has 0 unspecified atom stereocenters. The lowest BCUT2D eigenvalue weighted by Crippen LogP contribution is -2.38. The summed E-state index contributed by atoms with van der Waals surface area (Å²) in [5.74, 6) is 1.03. The SMILES string of the molecule is CCOc1cc2ncc([C@H](C)CC)n2cc1C1(F)CCN(C)CC1. The zero-order chi connectivity index (χ0) is 17.3. The average molecular weight is 333 g/mol. The number of aromatic nitrogens is 2. The molecule has 1 fully saturated rings. The fourth-order valence-electron chi connectivity index (χ4n) is 3.45. The zero-order valence-corrected chi connectivity index (χ0v) is 15.2. The van der Waals surface area contributed by atoms with Crippen molar-refractivity contribution >= 4 is 5.65 Å². The predicted octanol–water partition coefficient (Wildman–Crippen LogP) is 4.14. The van der Waals surface area contributed by atoms with Crippen LogP contribution in [0.1, 0.15) is 57.2 Å². The monoisotopic (exact) mass is 333 g/mol. The number of halogens is 1. The standard InChI is InChI=1S/C19H28FN3O/c1-5-14(3)16-12-21-18-11-17(24-6-2)15(13-23(16)18)19(20)7-9-22(4)10-8-19/h11-14H,5-10H2,1-4H3/t14-/m1/s1. The molecule has 0 spiro atoms. The van der Waals surface area contributed by atoms with Gasteiger partial charge in [0.05, 0.1) is 6.61 Å². The first-order chi connectivity index (χ1) is 11.5. The Morgan fingerprint density at radius 3 is 2.67 bits per heavy atom. The van der Waals surface area contributed by atoms with Crippen molar-refractivity contribution in [2.75, 3.05) is 26.7 Å². The Morgan fingerprint density at radius 1 is 1.33 bits per heavy atom. The molecule has 2 aromatic rings. The Morgan fingerprint density at radius 2 is 2.04 bits per heavy atom. The van der Waals surface area contributed by atoms with Crippen LogP contribution in [0.15, 0.2) is 18.5 Å². The molecule has 1 aliphatic heterocycles. The molecule has 0 bridgehead atoms. The van der Waals surface area contributed by atoms with Gasteiger partial charge in [0.2, 0.25) is 0 Å². The Balaban J connectivity index is 2.11. The summed E-state index contributed by atoms with van der Waals surface area (Å²) in [4.78, 5) is 6.68. The van der Waals surface area contributed by atoms with Crippen molar-refractivity contribution in [3.05, 3.63) is 29.7 Å². The highest BCUT2D eigenvalue weighted by Crippen LogP contribution is 2.42. The fraction of sp³-hybridized carbons (Fsp3) is 0.632. The van der Waals surface area contributed by atoms with E-state index in [4.69, 9.17) is 4.74 Å². The summed E-state index contributed by atoms with van der Waals surface area (Å²) in [5.41, 5.74) is 1.30. The number of imidazole rings is 1. The Kier molecular flexibility index (Phi) is 4.81. The lowest BCUT2D eigenvalue weighted by Gasteiger charge is -2.35. The van der Waals surface area contributed by atoms with Crippen LogP contribution in [0.4, 0.5) is 4.39 Å². The maximum atomic E-state index is 15.8.